The Balaban J connectivity index is 2.19. The maximum Gasteiger partial charge on any atom is 0.294 e. The molecule has 0 saturated heterocycles. The fourth-order valence-electron chi connectivity index (χ4n) is 1.74. The van der Waals surface area contributed by atoms with Gasteiger partial charge in [-0.3, -0.25) is 20.8 Å². The number of anilines is 1. The molecule has 0 unspecified atom stereocenters. The van der Waals surface area contributed by atoms with Gasteiger partial charge in [0.25, 0.3) is 11.6 Å². The number of nitro benzene ring substituents is 1. The first-order valence-corrected chi connectivity index (χ1v) is 6.99. The minimum absolute atomic E-state index is 0.0239. The Morgan fingerprint density at radius 1 is 1.38 bits per heavy atom. The number of para-hydroxylation sites is 1. The molecule has 7 nitrogen and oxygen atoms in total. The molecule has 0 fully saturated rings. The highest BCUT2D eigenvalue weighted by atomic mass is 35.5. The first-order chi connectivity index (χ1) is 10.0. The van der Waals surface area contributed by atoms with Gasteiger partial charge in [-0.1, -0.05) is 17.7 Å². The van der Waals surface area contributed by atoms with Crippen molar-refractivity contribution in [2.75, 3.05) is 5.43 Å². The number of halogens is 1. The maximum absolute atomic E-state index is 12.1. The Morgan fingerprint density at radius 3 is 2.71 bits per heavy atom. The topological polar surface area (TPSA) is 110 Å². The van der Waals surface area contributed by atoms with E-state index in [2.05, 4.69) is 10.7 Å². The second kappa shape index (κ2) is 6.53. The molecule has 21 heavy (non-hydrogen) atoms. The van der Waals surface area contributed by atoms with Crippen LogP contribution in [0.25, 0.3) is 0 Å². The summed E-state index contributed by atoms with van der Waals surface area (Å²) in [6, 6.07) is 7.68. The van der Waals surface area contributed by atoms with E-state index in [9.17, 15) is 14.9 Å². The molecule has 0 spiro atoms. The van der Waals surface area contributed by atoms with Crippen LogP contribution < -0.4 is 16.6 Å². The number of carbonyl (C=O) groups is 1. The van der Waals surface area contributed by atoms with E-state index in [1.807, 2.05) is 0 Å². The maximum atomic E-state index is 12.1. The molecule has 2 rings (SSSR count). The van der Waals surface area contributed by atoms with E-state index in [-0.39, 0.29) is 23.5 Å². The number of rotatable bonds is 5. The third-order valence-corrected chi connectivity index (χ3v) is 3.91. The van der Waals surface area contributed by atoms with Gasteiger partial charge in [0.15, 0.2) is 0 Å². The summed E-state index contributed by atoms with van der Waals surface area (Å²) < 4.78 is 0.624. The van der Waals surface area contributed by atoms with Crippen molar-refractivity contribution in [1.82, 2.24) is 5.32 Å². The number of nitrogen functional groups attached to an aromatic ring is 1. The fraction of sp³-hybridized carbons (Fsp3) is 0.0833. The summed E-state index contributed by atoms with van der Waals surface area (Å²) in [7, 11) is 0. The van der Waals surface area contributed by atoms with Crippen molar-refractivity contribution in [3.63, 3.8) is 0 Å². The van der Waals surface area contributed by atoms with Gasteiger partial charge in [-0.05, 0) is 18.2 Å². The van der Waals surface area contributed by atoms with Crippen molar-refractivity contribution in [2.45, 2.75) is 6.54 Å². The normalized spacial score (nSPS) is 10.2. The minimum atomic E-state index is -0.606. The lowest BCUT2D eigenvalue weighted by molar-refractivity contribution is -0.384. The van der Waals surface area contributed by atoms with Crippen LogP contribution in [0.3, 0.4) is 0 Å². The van der Waals surface area contributed by atoms with Crippen molar-refractivity contribution in [3.05, 3.63) is 55.2 Å². The molecule has 2 aromatic rings. The Morgan fingerprint density at radius 2 is 2.14 bits per heavy atom. The first kappa shape index (κ1) is 15.2. The zero-order chi connectivity index (χ0) is 15.4. The van der Waals surface area contributed by atoms with Gasteiger partial charge in [0.05, 0.1) is 21.4 Å². The summed E-state index contributed by atoms with van der Waals surface area (Å²) in [5, 5.41) is 13.6. The molecule has 1 aromatic carbocycles. The molecule has 0 bridgehead atoms. The van der Waals surface area contributed by atoms with Gasteiger partial charge in [0, 0.05) is 10.9 Å². The zero-order valence-electron chi connectivity index (χ0n) is 10.6. The van der Waals surface area contributed by atoms with Gasteiger partial charge < -0.3 is 10.7 Å². The molecular weight excluding hydrogens is 316 g/mol. The molecule has 0 atom stereocenters. The van der Waals surface area contributed by atoms with Crippen LogP contribution in [0.5, 0.6) is 0 Å². The van der Waals surface area contributed by atoms with Crippen molar-refractivity contribution in [2.24, 2.45) is 5.84 Å². The van der Waals surface area contributed by atoms with E-state index in [4.69, 9.17) is 17.4 Å². The average molecular weight is 327 g/mol. The molecule has 0 saturated carbocycles. The Hall–Kier alpha value is -2.16. The van der Waals surface area contributed by atoms with Gasteiger partial charge in [-0.25, -0.2) is 0 Å². The molecule has 1 amide bonds. The molecule has 9 heteroatoms. The summed E-state index contributed by atoms with van der Waals surface area (Å²) in [4.78, 5) is 23.3. The van der Waals surface area contributed by atoms with Gasteiger partial charge in [0.2, 0.25) is 0 Å². The number of thiophene rings is 1. The number of benzene rings is 1. The largest absolute Gasteiger partial charge is 0.347 e. The monoisotopic (exact) mass is 326 g/mol. The van der Waals surface area contributed by atoms with Crippen LogP contribution >= 0.6 is 22.9 Å². The van der Waals surface area contributed by atoms with Gasteiger partial charge >= 0.3 is 0 Å². The van der Waals surface area contributed by atoms with Crippen LogP contribution in [0.15, 0.2) is 30.3 Å². The third-order valence-electron chi connectivity index (χ3n) is 2.68. The number of nitro groups is 1. The van der Waals surface area contributed by atoms with Crippen molar-refractivity contribution in [3.8, 4) is 0 Å². The summed E-state index contributed by atoms with van der Waals surface area (Å²) in [6.45, 7) is 0.281. The lowest BCUT2D eigenvalue weighted by atomic mass is 10.1. The van der Waals surface area contributed by atoms with E-state index in [1.54, 1.807) is 12.1 Å². The van der Waals surface area contributed by atoms with E-state index in [1.165, 1.54) is 29.5 Å². The lowest BCUT2D eigenvalue weighted by Gasteiger charge is -2.09. The highest BCUT2D eigenvalue weighted by Crippen LogP contribution is 2.27. The highest BCUT2D eigenvalue weighted by molar-refractivity contribution is 7.16. The smallest absolute Gasteiger partial charge is 0.294 e. The van der Waals surface area contributed by atoms with Crippen molar-refractivity contribution < 1.29 is 9.72 Å². The second-order valence-corrected chi connectivity index (χ2v) is 5.79. The van der Waals surface area contributed by atoms with E-state index < -0.39 is 10.8 Å². The number of hydrogen-bond acceptors (Lipinski definition) is 6. The summed E-state index contributed by atoms with van der Waals surface area (Å²) in [6.07, 6.45) is 0. The standard InChI is InChI=1S/C12H11ClN4O3S/c13-10-5-4-7(21-10)6-15-12(18)8-2-1-3-9(17(19)20)11(8)16-14/h1-5,16H,6,14H2,(H,15,18). The van der Waals surface area contributed by atoms with Crippen LogP contribution in [-0.2, 0) is 6.54 Å². The first-order valence-electron chi connectivity index (χ1n) is 5.79. The molecule has 110 valence electrons. The van der Waals surface area contributed by atoms with Gasteiger partial charge in [0.1, 0.15) is 5.69 Å². The number of nitrogens with one attached hydrogen (secondary N) is 2. The predicted octanol–water partition coefficient (Wildman–Crippen LogP) is 2.53. The Labute approximate surface area is 128 Å². The van der Waals surface area contributed by atoms with Crippen LogP contribution in [0.1, 0.15) is 15.2 Å². The molecule has 1 aromatic heterocycles. The van der Waals surface area contributed by atoms with Gasteiger partial charge in [-0.15, -0.1) is 11.3 Å². The molecule has 0 aliphatic rings. The van der Waals surface area contributed by atoms with E-state index in [0.717, 1.165) is 4.88 Å². The van der Waals surface area contributed by atoms with Crippen molar-refractivity contribution >= 4 is 40.2 Å². The quantitative estimate of drug-likeness (QED) is 0.444. The number of amides is 1. The Kier molecular flexibility index (Phi) is 4.73. The number of carbonyl (C=O) groups excluding carboxylic acids is 1. The van der Waals surface area contributed by atoms with Gasteiger partial charge in [-0.2, -0.15) is 0 Å². The third kappa shape index (κ3) is 3.48. The van der Waals surface area contributed by atoms with E-state index in [0.29, 0.717) is 4.34 Å². The van der Waals surface area contributed by atoms with Crippen LogP contribution in [0.2, 0.25) is 4.34 Å². The number of hydrogen-bond donors (Lipinski definition) is 3. The zero-order valence-corrected chi connectivity index (χ0v) is 12.2. The molecule has 0 aliphatic heterocycles. The highest BCUT2D eigenvalue weighted by Gasteiger charge is 2.20. The van der Waals surface area contributed by atoms with Crippen LogP contribution in [0.4, 0.5) is 11.4 Å². The molecular formula is C12H11ClN4O3S. The fourth-order valence-corrected chi connectivity index (χ4v) is 2.77. The summed E-state index contributed by atoms with van der Waals surface area (Å²) >= 11 is 7.15. The molecule has 4 N–H and O–H groups in total. The lowest BCUT2D eigenvalue weighted by Crippen LogP contribution is -2.24. The molecule has 1 heterocycles. The minimum Gasteiger partial charge on any atom is -0.347 e. The van der Waals surface area contributed by atoms with Crippen molar-refractivity contribution in [1.29, 1.82) is 0 Å². The number of hydrazine groups is 1. The van der Waals surface area contributed by atoms with Crippen LogP contribution in [0, 0.1) is 10.1 Å². The van der Waals surface area contributed by atoms with E-state index >= 15 is 0 Å². The number of nitrogens with zero attached hydrogens (tertiary/aromatic N) is 1. The second-order valence-electron chi connectivity index (χ2n) is 3.99. The Bertz CT molecular complexity index is 689. The SMILES string of the molecule is NNc1c(C(=O)NCc2ccc(Cl)s2)cccc1[N+](=O)[O-]. The summed E-state index contributed by atoms with van der Waals surface area (Å²) in [5.41, 5.74) is 2.03. The van der Waals surface area contributed by atoms with Crippen LogP contribution in [-0.4, -0.2) is 10.8 Å². The molecule has 0 aliphatic carbocycles. The molecule has 0 radical (unpaired) electrons. The average Bonchev–Trinajstić information content (AvgIpc) is 2.89. The summed E-state index contributed by atoms with van der Waals surface area (Å²) in [5.74, 6) is 4.83. The number of nitrogens with two attached hydrogens (primary N) is 1. The predicted molar refractivity (Wildman–Crippen MR) is 81.4 cm³/mol.